The van der Waals surface area contributed by atoms with Gasteiger partial charge in [-0.05, 0) is 43.5 Å². The number of likely N-dealkylation sites (tertiary alicyclic amines) is 1. The Balaban J connectivity index is 1.63. The number of hydrogen-bond donors (Lipinski definition) is 1. The molecule has 1 aromatic rings. The minimum Gasteiger partial charge on any atom is -0.484 e. The van der Waals surface area contributed by atoms with Crippen molar-refractivity contribution in [3.05, 3.63) is 29.3 Å². The lowest BCUT2D eigenvalue weighted by molar-refractivity contribution is -0.157. The number of carboxylic acids is 1. The summed E-state index contributed by atoms with van der Waals surface area (Å²) in [7, 11) is 0. The Morgan fingerprint density at radius 2 is 2.17 bits per heavy atom. The van der Waals surface area contributed by atoms with Crippen molar-refractivity contribution in [3.8, 4) is 5.75 Å². The molecule has 24 heavy (non-hydrogen) atoms. The number of amides is 1. The normalized spacial score (nSPS) is 26.1. The fraction of sp³-hybridized carbons (Fsp3) is 0.556. The van der Waals surface area contributed by atoms with E-state index in [2.05, 4.69) is 0 Å². The van der Waals surface area contributed by atoms with Gasteiger partial charge >= 0.3 is 5.97 Å². The van der Waals surface area contributed by atoms with Crippen LogP contribution in [0.1, 0.15) is 17.5 Å². The highest BCUT2D eigenvalue weighted by Crippen LogP contribution is 2.42. The number of fused-ring (bicyclic) bond motifs is 1. The molecule has 2 atom stereocenters. The van der Waals surface area contributed by atoms with Crippen molar-refractivity contribution in [3.63, 3.8) is 0 Å². The number of aliphatic carboxylic acids is 1. The van der Waals surface area contributed by atoms with Crippen molar-refractivity contribution in [2.24, 2.45) is 11.3 Å². The van der Waals surface area contributed by atoms with Gasteiger partial charge in [-0.15, -0.1) is 0 Å². The van der Waals surface area contributed by atoms with E-state index in [1.165, 1.54) is 5.56 Å². The van der Waals surface area contributed by atoms with E-state index in [0.29, 0.717) is 31.9 Å². The highest BCUT2D eigenvalue weighted by Gasteiger charge is 2.54. The molecule has 1 aromatic carbocycles. The van der Waals surface area contributed by atoms with Crippen LogP contribution in [0.3, 0.4) is 0 Å². The second kappa shape index (κ2) is 6.43. The summed E-state index contributed by atoms with van der Waals surface area (Å²) in [6.45, 7) is 5.42. The highest BCUT2D eigenvalue weighted by molar-refractivity contribution is 5.82. The third-order valence-electron chi connectivity index (χ3n) is 5.33. The average molecular weight is 333 g/mol. The topological polar surface area (TPSA) is 76.1 Å². The first kappa shape index (κ1) is 16.8. The summed E-state index contributed by atoms with van der Waals surface area (Å²) < 4.78 is 11.0. The molecule has 2 heterocycles. The van der Waals surface area contributed by atoms with E-state index in [9.17, 15) is 14.7 Å². The molecule has 0 aromatic heterocycles. The number of hydrogen-bond acceptors (Lipinski definition) is 4. The van der Waals surface area contributed by atoms with Crippen molar-refractivity contribution in [2.75, 3.05) is 32.9 Å². The van der Waals surface area contributed by atoms with E-state index < -0.39 is 11.4 Å². The zero-order chi connectivity index (χ0) is 17.3. The Kier molecular flexibility index (Phi) is 4.49. The summed E-state index contributed by atoms with van der Waals surface area (Å²) in [5.74, 6) is -0.502. The molecule has 6 heteroatoms. The Morgan fingerprint density at radius 1 is 1.38 bits per heavy atom. The van der Waals surface area contributed by atoms with Gasteiger partial charge < -0.3 is 19.5 Å². The molecule has 1 N–H and O–H groups in total. The lowest BCUT2D eigenvalue weighted by atomic mass is 9.74. The third-order valence-corrected chi connectivity index (χ3v) is 5.33. The van der Waals surface area contributed by atoms with Crippen molar-refractivity contribution in [2.45, 2.75) is 20.3 Å². The second-order valence-electron chi connectivity index (χ2n) is 6.79. The Bertz CT molecular complexity index is 659. The molecular weight excluding hydrogens is 310 g/mol. The predicted molar refractivity (Wildman–Crippen MR) is 87.0 cm³/mol. The molecule has 130 valence electrons. The van der Waals surface area contributed by atoms with Crippen LogP contribution in [0.25, 0.3) is 0 Å². The molecule has 0 aliphatic carbocycles. The lowest BCUT2D eigenvalue weighted by Crippen LogP contribution is -2.45. The van der Waals surface area contributed by atoms with Crippen molar-refractivity contribution in [1.29, 1.82) is 0 Å². The van der Waals surface area contributed by atoms with Gasteiger partial charge in [0, 0.05) is 25.6 Å². The van der Waals surface area contributed by atoms with E-state index in [-0.39, 0.29) is 25.0 Å². The zero-order valence-corrected chi connectivity index (χ0v) is 14.1. The second-order valence-corrected chi connectivity index (χ2v) is 6.79. The first-order chi connectivity index (χ1) is 11.4. The summed E-state index contributed by atoms with van der Waals surface area (Å²) in [5, 5.41) is 9.64. The Morgan fingerprint density at radius 3 is 2.83 bits per heavy atom. The maximum Gasteiger partial charge on any atom is 0.311 e. The first-order valence-electron chi connectivity index (χ1n) is 8.21. The monoisotopic (exact) mass is 333 g/mol. The van der Waals surface area contributed by atoms with Gasteiger partial charge in [0.15, 0.2) is 6.61 Å². The van der Waals surface area contributed by atoms with E-state index in [1.807, 2.05) is 32.0 Å². The largest absolute Gasteiger partial charge is 0.484 e. The zero-order valence-electron chi connectivity index (χ0n) is 14.1. The van der Waals surface area contributed by atoms with Gasteiger partial charge in [-0.25, -0.2) is 0 Å². The van der Waals surface area contributed by atoms with Crippen molar-refractivity contribution in [1.82, 2.24) is 4.90 Å². The van der Waals surface area contributed by atoms with E-state index >= 15 is 0 Å². The number of carbonyl (C=O) groups excluding carboxylic acids is 1. The minimum atomic E-state index is -0.867. The summed E-state index contributed by atoms with van der Waals surface area (Å²) in [6, 6.07) is 5.70. The van der Waals surface area contributed by atoms with Crippen LogP contribution in [-0.4, -0.2) is 54.8 Å². The van der Waals surface area contributed by atoms with Crippen LogP contribution in [0.15, 0.2) is 18.2 Å². The van der Waals surface area contributed by atoms with Crippen LogP contribution in [0.2, 0.25) is 0 Å². The SMILES string of the molecule is Cc1ccc(OCC(=O)N2C[C@H]3COCC[C@@]3(C(=O)O)C2)cc1C. The van der Waals surface area contributed by atoms with Gasteiger partial charge in [-0.2, -0.15) is 0 Å². The molecule has 2 fully saturated rings. The molecule has 0 bridgehead atoms. The molecular formula is C18H23NO5. The molecule has 6 nitrogen and oxygen atoms in total. The Labute approximate surface area is 141 Å². The number of ether oxygens (including phenoxy) is 2. The molecule has 0 unspecified atom stereocenters. The van der Waals surface area contributed by atoms with Gasteiger partial charge in [0.1, 0.15) is 5.75 Å². The molecule has 1 amide bonds. The lowest BCUT2D eigenvalue weighted by Gasteiger charge is -2.33. The molecule has 3 rings (SSSR count). The number of nitrogens with zero attached hydrogens (tertiary/aromatic N) is 1. The van der Waals surface area contributed by atoms with Crippen LogP contribution in [0.4, 0.5) is 0 Å². The number of carboxylic acid groups (broad SMARTS) is 1. The summed E-state index contributed by atoms with van der Waals surface area (Å²) in [4.78, 5) is 25.8. The fourth-order valence-electron chi connectivity index (χ4n) is 3.53. The number of benzene rings is 1. The molecule has 0 spiro atoms. The molecule has 2 aliphatic rings. The maximum atomic E-state index is 12.4. The van der Waals surface area contributed by atoms with E-state index in [0.717, 1.165) is 5.56 Å². The predicted octanol–water partition coefficient (Wildman–Crippen LogP) is 1.63. The number of rotatable bonds is 4. The standard InChI is InChI=1S/C18H23NO5/c1-12-3-4-15(7-13(12)2)24-10-16(20)19-8-14-9-23-6-5-18(14,11-19)17(21)22/h3-4,7,14H,5-6,8-11H2,1-2H3,(H,21,22)/t14-,18+/m0/s1. The minimum absolute atomic E-state index is 0.0776. The summed E-state index contributed by atoms with van der Waals surface area (Å²) in [6.07, 6.45) is 0.453. The average Bonchev–Trinajstić information content (AvgIpc) is 2.97. The van der Waals surface area contributed by atoms with Gasteiger partial charge in [-0.3, -0.25) is 9.59 Å². The van der Waals surface area contributed by atoms with Crippen LogP contribution in [-0.2, 0) is 14.3 Å². The van der Waals surface area contributed by atoms with Crippen LogP contribution < -0.4 is 4.74 Å². The summed E-state index contributed by atoms with van der Waals surface area (Å²) in [5.41, 5.74) is 1.41. The van der Waals surface area contributed by atoms with Crippen LogP contribution in [0.5, 0.6) is 5.75 Å². The van der Waals surface area contributed by atoms with Crippen molar-refractivity contribution < 1.29 is 24.2 Å². The highest BCUT2D eigenvalue weighted by atomic mass is 16.5. The van der Waals surface area contributed by atoms with E-state index in [1.54, 1.807) is 4.90 Å². The molecule has 0 saturated carbocycles. The quantitative estimate of drug-likeness (QED) is 0.906. The van der Waals surface area contributed by atoms with Gasteiger partial charge in [0.25, 0.3) is 5.91 Å². The number of aryl methyl sites for hydroxylation is 2. The van der Waals surface area contributed by atoms with Gasteiger partial charge in [-0.1, -0.05) is 6.07 Å². The number of carbonyl (C=O) groups is 2. The first-order valence-corrected chi connectivity index (χ1v) is 8.21. The molecule has 0 radical (unpaired) electrons. The molecule has 2 saturated heterocycles. The van der Waals surface area contributed by atoms with Gasteiger partial charge in [0.2, 0.25) is 0 Å². The third kappa shape index (κ3) is 2.98. The fourth-order valence-corrected chi connectivity index (χ4v) is 3.53. The Hall–Kier alpha value is -2.08. The summed E-state index contributed by atoms with van der Waals surface area (Å²) >= 11 is 0. The van der Waals surface area contributed by atoms with E-state index in [4.69, 9.17) is 9.47 Å². The molecule has 2 aliphatic heterocycles. The maximum absolute atomic E-state index is 12.4. The van der Waals surface area contributed by atoms with Crippen LogP contribution in [0, 0.1) is 25.2 Å². The van der Waals surface area contributed by atoms with Crippen LogP contribution >= 0.6 is 0 Å². The smallest absolute Gasteiger partial charge is 0.311 e. The van der Waals surface area contributed by atoms with Crippen molar-refractivity contribution >= 4 is 11.9 Å². The van der Waals surface area contributed by atoms with Gasteiger partial charge in [0.05, 0.1) is 12.0 Å².